The number of fused-ring (bicyclic) bond motifs is 1. The Hall–Kier alpha value is -3.47. The van der Waals surface area contributed by atoms with E-state index in [2.05, 4.69) is 15.3 Å². The molecule has 0 spiro atoms. The van der Waals surface area contributed by atoms with Gasteiger partial charge < -0.3 is 20.9 Å². The van der Waals surface area contributed by atoms with Crippen molar-refractivity contribution < 1.29 is 9.59 Å². The fourth-order valence-electron chi connectivity index (χ4n) is 5.02. The van der Waals surface area contributed by atoms with Crippen molar-refractivity contribution in [3.05, 3.63) is 35.3 Å². The van der Waals surface area contributed by atoms with Crippen molar-refractivity contribution in [2.45, 2.75) is 51.6 Å². The quantitative estimate of drug-likeness (QED) is 0.600. The standard InChI is InChI=1S/C23H31N9O2/c1-14-12-32-21(26-22(14)30-9-7-16(24)13-30)10-17(27-32)18-6-4-5-8-31(18)23(34)19-11-20(25-15(2)33)28-29(19)3/h10-12,16,18H,4-9,13,24H2,1-3H3,(H,25,28,33)/t16-,18-/m0/s1. The van der Waals surface area contributed by atoms with Gasteiger partial charge in [-0.15, -0.1) is 0 Å². The van der Waals surface area contributed by atoms with Crippen LogP contribution in [0.3, 0.4) is 0 Å². The van der Waals surface area contributed by atoms with Crippen LogP contribution >= 0.6 is 0 Å². The summed E-state index contributed by atoms with van der Waals surface area (Å²) in [4.78, 5) is 33.9. The van der Waals surface area contributed by atoms with Crippen LogP contribution in [-0.4, -0.2) is 66.8 Å². The number of nitrogens with one attached hydrogen (secondary N) is 1. The minimum Gasteiger partial charge on any atom is -0.355 e. The summed E-state index contributed by atoms with van der Waals surface area (Å²) in [6.45, 7) is 5.81. The molecule has 11 heteroatoms. The monoisotopic (exact) mass is 465 g/mol. The van der Waals surface area contributed by atoms with E-state index in [1.165, 1.54) is 11.6 Å². The molecule has 34 heavy (non-hydrogen) atoms. The van der Waals surface area contributed by atoms with Gasteiger partial charge in [-0.05, 0) is 32.6 Å². The molecule has 3 aromatic rings. The van der Waals surface area contributed by atoms with E-state index in [-0.39, 0.29) is 23.9 Å². The van der Waals surface area contributed by atoms with Crippen LogP contribution in [0.1, 0.15) is 60.4 Å². The largest absolute Gasteiger partial charge is 0.355 e. The van der Waals surface area contributed by atoms with Crippen molar-refractivity contribution in [3.63, 3.8) is 0 Å². The highest BCUT2D eigenvalue weighted by atomic mass is 16.2. The average Bonchev–Trinajstić information content (AvgIpc) is 3.50. The number of aryl methyl sites for hydroxylation is 2. The Bertz CT molecular complexity index is 1250. The Morgan fingerprint density at radius 1 is 1.15 bits per heavy atom. The molecule has 2 fully saturated rings. The molecular weight excluding hydrogens is 434 g/mol. The van der Waals surface area contributed by atoms with Gasteiger partial charge in [0, 0.05) is 63.5 Å². The van der Waals surface area contributed by atoms with Crippen molar-refractivity contribution in [1.82, 2.24) is 29.3 Å². The minimum absolute atomic E-state index is 0.121. The molecule has 0 unspecified atom stereocenters. The maximum Gasteiger partial charge on any atom is 0.272 e. The van der Waals surface area contributed by atoms with Crippen LogP contribution in [0.15, 0.2) is 18.3 Å². The molecule has 180 valence electrons. The summed E-state index contributed by atoms with van der Waals surface area (Å²) in [6.07, 6.45) is 5.75. The van der Waals surface area contributed by atoms with E-state index in [0.29, 0.717) is 18.1 Å². The van der Waals surface area contributed by atoms with Gasteiger partial charge in [-0.2, -0.15) is 10.2 Å². The summed E-state index contributed by atoms with van der Waals surface area (Å²) in [5, 5.41) is 11.7. The number of hydrogen-bond acceptors (Lipinski definition) is 7. The minimum atomic E-state index is -0.226. The zero-order valence-corrected chi connectivity index (χ0v) is 19.9. The molecule has 2 aliphatic rings. The third-order valence-corrected chi connectivity index (χ3v) is 6.66. The lowest BCUT2D eigenvalue weighted by molar-refractivity contribution is -0.114. The van der Waals surface area contributed by atoms with Gasteiger partial charge in [0.15, 0.2) is 11.5 Å². The highest BCUT2D eigenvalue weighted by Crippen LogP contribution is 2.33. The summed E-state index contributed by atoms with van der Waals surface area (Å²) in [6, 6.07) is 3.64. The van der Waals surface area contributed by atoms with E-state index in [9.17, 15) is 9.59 Å². The highest BCUT2D eigenvalue weighted by molar-refractivity contribution is 5.95. The topological polar surface area (TPSA) is 127 Å². The van der Waals surface area contributed by atoms with Crippen molar-refractivity contribution >= 4 is 29.1 Å². The maximum absolute atomic E-state index is 13.5. The zero-order valence-electron chi connectivity index (χ0n) is 19.9. The van der Waals surface area contributed by atoms with Crippen molar-refractivity contribution in [1.29, 1.82) is 0 Å². The highest BCUT2D eigenvalue weighted by Gasteiger charge is 2.32. The van der Waals surface area contributed by atoms with Crippen LogP contribution in [0.2, 0.25) is 0 Å². The second-order valence-corrected chi connectivity index (χ2v) is 9.34. The lowest BCUT2D eigenvalue weighted by Crippen LogP contribution is -2.39. The van der Waals surface area contributed by atoms with Crippen LogP contribution in [-0.2, 0) is 11.8 Å². The summed E-state index contributed by atoms with van der Waals surface area (Å²) >= 11 is 0. The lowest BCUT2D eigenvalue weighted by atomic mass is 9.99. The molecular formula is C23H31N9O2. The van der Waals surface area contributed by atoms with Crippen LogP contribution in [0.25, 0.3) is 5.65 Å². The Balaban J connectivity index is 1.44. The van der Waals surface area contributed by atoms with E-state index in [4.69, 9.17) is 15.8 Å². The Labute approximate surface area is 197 Å². The number of nitrogens with two attached hydrogens (primary N) is 1. The number of piperidine rings is 1. The predicted molar refractivity (Wildman–Crippen MR) is 128 cm³/mol. The van der Waals surface area contributed by atoms with Crippen LogP contribution in [0.5, 0.6) is 0 Å². The summed E-state index contributed by atoms with van der Waals surface area (Å²) < 4.78 is 3.32. The molecule has 3 aromatic heterocycles. The van der Waals surface area contributed by atoms with Crippen molar-refractivity contribution in [3.8, 4) is 0 Å². The van der Waals surface area contributed by atoms with Gasteiger partial charge in [0.2, 0.25) is 5.91 Å². The third-order valence-electron chi connectivity index (χ3n) is 6.66. The number of amides is 2. The molecule has 0 saturated carbocycles. The number of aromatic nitrogens is 5. The van der Waals surface area contributed by atoms with Crippen LogP contribution in [0.4, 0.5) is 11.6 Å². The Kier molecular flexibility index (Phi) is 5.72. The van der Waals surface area contributed by atoms with Gasteiger partial charge in [-0.25, -0.2) is 9.50 Å². The first-order chi connectivity index (χ1) is 16.3. The molecule has 3 N–H and O–H groups in total. The second-order valence-electron chi connectivity index (χ2n) is 9.34. The van der Waals surface area contributed by atoms with Crippen LogP contribution < -0.4 is 16.0 Å². The van der Waals surface area contributed by atoms with E-state index < -0.39 is 0 Å². The fraction of sp³-hybridized carbons (Fsp3) is 0.522. The molecule has 5 rings (SSSR count). The number of carbonyl (C=O) groups excluding carboxylic acids is 2. The first-order valence-electron chi connectivity index (χ1n) is 11.8. The fourth-order valence-corrected chi connectivity index (χ4v) is 5.02. The van der Waals surface area contributed by atoms with E-state index in [0.717, 1.165) is 61.5 Å². The molecule has 0 bridgehead atoms. The molecule has 0 aliphatic carbocycles. The predicted octanol–water partition coefficient (Wildman–Crippen LogP) is 1.63. The Morgan fingerprint density at radius 2 is 1.97 bits per heavy atom. The molecule has 2 atom stereocenters. The first kappa shape index (κ1) is 22.3. The summed E-state index contributed by atoms with van der Waals surface area (Å²) in [5.74, 6) is 0.970. The Morgan fingerprint density at radius 3 is 2.71 bits per heavy atom. The van der Waals surface area contributed by atoms with Gasteiger partial charge in [0.1, 0.15) is 11.5 Å². The van der Waals surface area contributed by atoms with Crippen molar-refractivity contribution in [2.24, 2.45) is 12.8 Å². The molecule has 2 amide bonds. The van der Waals surface area contributed by atoms with E-state index in [1.54, 1.807) is 17.6 Å². The van der Waals surface area contributed by atoms with E-state index in [1.807, 2.05) is 24.1 Å². The first-order valence-corrected chi connectivity index (χ1v) is 11.8. The molecule has 11 nitrogen and oxygen atoms in total. The second kappa shape index (κ2) is 8.71. The number of rotatable bonds is 4. The summed E-state index contributed by atoms with van der Waals surface area (Å²) in [5.41, 5.74) is 9.18. The van der Waals surface area contributed by atoms with Gasteiger partial charge in [0.05, 0.1) is 11.7 Å². The number of carbonyl (C=O) groups is 2. The van der Waals surface area contributed by atoms with Gasteiger partial charge in [-0.1, -0.05) is 0 Å². The molecule has 0 aromatic carbocycles. The molecule has 5 heterocycles. The molecule has 2 aliphatic heterocycles. The third kappa shape index (κ3) is 4.11. The normalized spacial score (nSPS) is 20.8. The number of nitrogens with zero attached hydrogens (tertiary/aromatic N) is 7. The van der Waals surface area contributed by atoms with Gasteiger partial charge >= 0.3 is 0 Å². The number of hydrogen-bond donors (Lipinski definition) is 2. The number of likely N-dealkylation sites (tertiary alicyclic amines) is 1. The van der Waals surface area contributed by atoms with Gasteiger partial charge in [-0.3, -0.25) is 14.3 Å². The van der Waals surface area contributed by atoms with Crippen molar-refractivity contribution in [2.75, 3.05) is 29.9 Å². The molecule has 2 saturated heterocycles. The zero-order chi connectivity index (χ0) is 24.0. The SMILES string of the molecule is CC(=O)Nc1cc(C(=O)N2CCCC[C@H]2c2cc3nc(N4CC[C@H](N)C4)c(C)cn3n2)n(C)n1. The summed E-state index contributed by atoms with van der Waals surface area (Å²) in [7, 11) is 1.71. The maximum atomic E-state index is 13.5. The smallest absolute Gasteiger partial charge is 0.272 e. The lowest BCUT2D eigenvalue weighted by Gasteiger charge is -2.34. The van der Waals surface area contributed by atoms with Gasteiger partial charge in [0.25, 0.3) is 5.91 Å². The molecule has 0 radical (unpaired) electrons. The average molecular weight is 466 g/mol. The number of anilines is 2. The van der Waals surface area contributed by atoms with E-state index >= 15 is 0 Å². The van der Waals surface area contributed by atoms with Crippen LogP contribution in [0, 0.1) is 6.92 Å².